The van der Waals surface area contributed by atoms with Gasteiger partial charge in [-0.25, -0.2) is 9.67 Å². The average Bonchev–Trinajstić information content (AvgIpc) is 2.90. The van der Waals surface area contributed by atoms with Gasteiger partial charge in [-0.05, 0) is 28.6 Å². The summed E-state index contributed by atoms with van der Waals surface area (Å²) in [5, 5.41) is 11.5. The first-order valence-corrected chi connectivity index (χ1v) is 7.03. The van der Waals surface area contributed by atoms with Crippen LogP contribution in [0.3, 0.4) is 0 Å². The van der Waals surface area contributed by atoms with E-state index in [0.717, 1.165) is 18.2 Å². The number of tetrazole rings is 1. The summed E-state index contributed by atoms with van der Waals surface area (Å²) < 4.78 is 7.39. The van der Waals surface area contributed by atoms with Crippen LogP contribution in [0, 0.1) is 0 Å². The Hall–Kier alpha value is -2.23. The SMILES string of the molecule is CCCn1ccnc(Sc2nnnn2CC(=O)OC)c1=O. The van der Waals surface area contributed by atoms with Crippen LogP contribution in [0.5, 0.6) is 0 Å². The molecule has 112 valence electrons. The lowest BCUT2D eigenvalue weighted by Gasteiger charge is -2.05. The van der Waals surface area contributed by atoms with Gasteiger partial charge in [-0.1, -0.05) is 6.92 Å². The van der Waals surface area contributed by atoms with Crippen molar-refractivity contribution < 1.29 is 9.53 Å². The molecule has 0 aromatic carbocycles. The highest BCUT2D eigenvalue weighted by Crippen LogP contribution is 2.19. The van der Waals surface area contributed by atoms with Gasteiger partial charge in [0.15, 0.2) is 5.03 Å². The molecule has 0 aliphatic carbocycles. The fourth-order valence-corrected chi connectivity index (χ4v) is 2.33. The molecule has 0 N–H and O–H groups in total. The maximum atomic E-state index is 12.2. The van der Waals surface area contributed by atoms with Crippen LogP contribution in [0.25, 0.3) is 0 Å². The molecule has 2 aromatic heterocycles. The number of rotatable bonds is 6. The van der Waals surface area contributed by atoms with Crippen LogP contribution in [0.1, 0.15) is 13.3 Å². The molecule has 0 atom stereocenters. The fourth-order valence-electron chi connectivity index (χ4n) is 1.56. The largest absolute Gasteiger partial charge is 0.468 e. The van der Waals surface area contributed by atoms with Gasteiger partial charge in [-0.3, -0.25) is 9.59 Å². The van der Waals surface area contributed by atoms with Crippen molar-refractivity contribution in [3.8, 4) is 0 Å². The number of carbonyl (C=O) groups is 1. The van der Waals surface area contributed by atoms with E-state index in [2.05, 4.69) is 25.2 Å². The van der Waals surface area contributed by atoms with Crippen molar-refractivity contribution >= 4 is 17.7 Å². The average molecular weight is 310 g/mol. The summed E-state index contributed by atoms with van der Waals surface area (Å²) in [4.78, 5) is 27.5. The molecular formula is C11H14N6O3S. The molecule has 0 saturated carbocycles. The smallest absolute Gasteiger partial charge is 0.327 e. The maximum absolute atomic E-state index is 12.2. The van der Waals surface area contributed by atoms with Crippen LogP contribution in [-0.2, 0) is 22.6 Å². The minimum Gasteiger partial charge on any atom is -0.468 e. The molecule has 9 nitrogen and oxygen atoms in total. The van der Waals surface area contributed by atoms with Gasteiger partial charge in [0.25, 0.3) is 5.56 Å². The van der Waals surface area contributed by atoms with Crippen LogP contribution in [0.2, 0.25) is 0 Å². The summed E-state index contributed by atoms with van der Waals surface area (Å²) >= 11 is 1.01. The molecule has 0 amide bonds. The van der Waals surface area contributed by atoms with E-state index < -0.39 is 5.97 Å². The molecular weight excluding hydrogens is 296 g/mol. The standard InChI is InChI=1S/C11H14N6O3S/c1-3-5-16-6-4-12-9(10(16)19)21-11-13-14-15-17(11)7-8(18)20-2/h4,6H,3,5,7H2,1-2H3. The lowest BCUT2D eigenvalue weighted by atomic mass is 10.5. The Balaban J connectivity index is 2.23. The van der Waals surface area contributed by atoms with Crippen molar-refractivity contribution in [3.05, 3.63) is 22.7 Å². The van der Waals surface area contributed by atoms with Gasteiger partial charge in [0.05, 0.1) is 7.11 Å². The summed E-state index contributed by atoms with van der Waals surface area (Å²) in [6.45, 7) is 2.47. The molecule has 0 bridgehead atoms. The summed E-state index contributed by atoms with van der Waals surface area (Å²) in [6, 6.07) is 0. The second-order valence-electron chi connectivity index (χ2n) is 4.03. The van der Waals surface area contributed by atoms with Crippen molar-refractivity contribution in [3.63, 3.8) is 0 Å². The first-order valence-electron chi connectivity index (χ1n) is 6.22. The van der Waals surface area contributed by atoms with E-state index in [1.165, 1.54) is 11.8 Å². The highest BCUT2D eigenvalue weighted by Gasteiger charge is 2.15. The van der Waals surface area contributed by atoms with Gasteiger partial charge in [0.1, 0.15) is 6.54 Å². The maximum Gasteiger partial charge on any atom is 0.327 e. The van der Waals surface area contributed by atoms with Gasteiger partial charge < -0.3 is 9.30 Å². The predicted molar refractivity (Wildman–Crippen MR) is 72.7 cm³/mol. The van der Waals surface area contributed by atoms with Crippen LogP contribution < -0.4 is 5.56 Å². The highest BCUT2D eigenvalue weighted by molar-refractivity contribution is 7.99. The molecule has 2 aromatic rings. The van der Waals surface area contributed by atoms with Gasteiger partial charge in [-0.15, -0.1) is 5.10 Å². The van der Waals surface area contributed by atoms with E-state index in [1.54, 1.807) is 17.0 Å². The highest BCUT2D eigenvalue weighted by atomic mass is 32.2. The molecule has 2 rings (SSSR count). The third kappa shape index (κ3) is 3.66. The molecule has 0 radical (unpaired) electrons. The Morgan fingerprint density at radius 1 is 1.48 bits per heavy atom. The molecule has 0 unspecified atom stereocenters. The normalized spacial score (nSPS) is 10.6. The second-order valence-corrected chi connectivity index (χ2v) is 4.98. The van der Waals surface area contributed by atoms with E-state index in [1.807, 2.05) is 6.92 Å². The van der Waals surface area contributed by atoms with Crippen LogP contribution >= 0.6 is 11.8 Å². The van der Waals surface area contributed by atoms with Crippen molar-refractivity contribution in [2.45, 2.75) is 36.6 Å². The number of aryl methyl sites for hydroxylation is 1. The van der Waals surface area contributed by atoms with E-state index in [9.17, 15) is 9.59 Å². The number of carbonyl (C=O) groups excluding carboxylic acids is 1. The lowest BCUT2D eigenvalue weighted by Crippen LogP contribution is -2.22. The molecule has 0 aliphatic rings. The van der Waals surface area contributed by atoms with Crippen LogP contribution in [0.4, 0.5) is 0 Å². The molecule has 0 saturated heterocycles. The molecule has 0 aliphatic heterocycles. The molecule has 0 fully saturated rings. The summed E-state index contributed by atoms with van der Waals surface area (Å²) in [6.07, 6.45) is 4.02. The van der Waals surface area contributed by atoms with Gasteiger partial charge >= 0.3 is 5.97 Å². The zero-order valence-corrected chi connectivity index (χ0v) is 12.4. The fraction of sp³-hybridized carbons (Fsp3) is 0.455. The quantitative estimate of drug-likeness (QED) is 0.685. The topological polar surface area (TPSA) is 105 Å². The second kappa shape index (κ2) is 6.97. The van der Waals surface area contributed by atoms with E-state index in [4.69, 9.17) is 0 Å². The number of hydrogen-bond acceptors (Lipinski definition) is 8. The predicted octanol–water partition coefficient (Wildman–Crippen LogP) is -0.0360. The molecule has 10 heteroatoms. The number of methoxy groups -OCH3 is 1. The Labute approximate surface area is 124 Å². The number of ether oxygens (including phenoxy) is 1. The van der Waals surface area contributed by atoms with E-state index in [0.29, 0.717) is 11.7 Å². The number of esters is 1. The Kier molecular flexibility index (Phi) is 5.04. The summed E-state index contributed by atoms with van der Waals surface area (Å²) in [5.74, 6) is -0.478. The minimum absolute atomic E-state index is 0.123. The third-order valence-corrected chi connectivity index (χ3v) is 3.49. The number of hydrogen-bond donors (Lipinski definition) is 0. The van der Waals surface area contributed by atoms with E-state index >= 15 is 0 Å². The van der Waals surface area contributed by atoms with E-state index in [-0.39, 0.29) is 17.1 Å². The van der Waals surface area contributed by atoms with Crippen molar-refractivity contribution in [2.24, 2.45) is 0 Å². The number of aromatic nitrogens is 6. The minimum atomic E-state index is -0.478. The third-order valence-electron chi connectivity index (χ3n) is 2.54. The van der Waals surface area contributed by atoms with Crippen LogP contribution in [-0.4, -0.2) is 42.8 Å². The lowest BCUT2D eigenvalue weighted by molar-refractivity contribution is -0.141. The van der Waals surface area contributed by atoms with Crippen molar-refractivity contribution in [1.82, 2.24) is 29.8 Å². The molecule has 0 spiro atoms. The van der Waals surface area contributed by atoms with Crippen molar-refractivity contribution in [1.29, 1.82) is 0 Å². The van der Waals surface area contributed by atoms with Gasteiger partial charge in [-0.2, -0.15) is 0 Å². The number of nitrogens with zero attached hydrogens (tertiary/aromatic N) is 6. The van der Waals surface area contributed by atoms with Crippen molar-refractivity contribution in [2.75, 3.05) is 7.11 Å². The first-order chi connectivity index (χ1) is 10.2. The Morgan fingerprint density at radius 3 is 3.00 bits per heavy atom. The van der Waals surface area contributed by atoms with Gasteiger partial charge in [0.2, 0.25) is 5.16 Å². The Bertz CT molecular complexity index is 683. The molecule has 2 heterocycles. The first kappa shape index (κ1) is 15.2. The summed E-state index contributed by atoms with van der Waals surface area (Å²) in [7, 11) is 1.28. The Morgan fingerprint density at radius 2 is 2.29 bits per heavy atom. The van der Waals surface area contributed by atoms with Crippen LogP contribution in [0.15, 0.2) is 27.4 Å². The monoisotopic (exact) mass is 310 g/mol. The zero-order chi connectivity index (χ0) is 15.2. The summed E-state index contributed by atoms with van der Waals surface area (Å²) in [5.41, 5.74) is -0.211. The molecule has 21 heavy (non-hydrogen) atoms. The van der Waals surface area contributed by atoms with Gasteiger partial charge in [0, 0.05) is 18.9 Å². The zero-order valence-electron chi connectivity index (χ0n) is 11.6.